The largest absolute Gasteiger partial charge is 0.484 e. The van der Waals surface area contributed by atoms with Crippen molar-refractivity contribution in [3.8, 4) is 5.75 Å². The minimum absolute atomic E-state index is 0. The van der Waals surface area contributed by atoms with E-state index in [0.29, 0.717) is 23.7 Å². The molecule has 1 aliphatic heterocycles. The highest BCUT2D eigenvalue weighted by atomic mass is 32.2. The summed E-state index contributed by atoms with van der Waals surface area (Å²) in [5, 5.41) is 11.9. The molecule has 1 amide bonds. The second-order valence-electron chi connectivity index (χ2n) is 14.2. The minimum Gasteiger partial charge on any atom is -0.484 e. The number of aromatic nitrogens is 3. The molecule has 2 aromatic heterocycles. The molecule has 2 N–H and O–H groups in total. The molecule has 3 atom stereocenters. The van der Waals surface area contributed by atoms with Crippen LogP contribution in [0.5, 0.6) is 5.75 Å². The Balaban J connectivity index is 0.00000270. The van der Waals surface area contributed by atoms with Gasteiger partial charge in [-0.3, -0.25) is 18.8 Å². The molecule has 6 rings (SSSR count). The smallest absolute Gasteiger partial charge is 0.229 e. The van der Waals surface area contributed by atoms with Crippen molar-refractivity contribution in [2.24, 2.45) is 0 Å². The number of rotatable bonds is 10. The first-order chi connectivity index (χ1) is 22.3. The van der Waals surface area contributed by atoms with Crippen LogP contribution in [-0.2, 0) is 20.2 Å². The molecule has 0 unspecified atom stereocenters. The molecule has 0 bridgehead atoms. The van der Waals surface area contributed by atoms with Gasteiger partial charge in [0.25, 0.3) is 0 Å². The van der Waals surface area contributed by atoms with E-state index in [1.165, 1.54) is 11.1 Å². The first kappa shape index (κ1) is 33.0. The van der Waals surface area contributed by atoms with Crippen LogP contribution < -0.4 is 14.8 Å². The van der Waals surface area contributed by atoms with Crippen LogP contribution in [0.4, 0.5) is 11.4 Å². The van der Waals surface area contributed by atoms with E-state index < -0.39 is 10.0 Å². The highest BCUT2D eigenvalue weighted by Crippen LogP contribution is 2.42. The number of hydrogen-bond donors (Lipinski definition) is 2. The zero-order valence-electron chi connectivity index (χ0n) is 28.0. The van der Waals surface area contributed by atoms with Crippen molar-refractivity contribution >= 4 is 33.0 Å². The molecule has 0 radical (unpaired) electrons. The zero-order valence-corrected chi connectivity index (χ0v) is 28.8. The normalized spacial score (nSPS) is 20.2. The van der Waals surface area contributed by atoms with Gasteiger partial charge < -0.3 is 10.1 Å². The quantitative estimate of drug-likeness (QED) is 0.181. The Labute approximate surface area is 280 Å². The lowest BCUT2D eigenvalue weighted by molar-refractivity contribution is -0.116. The molecule has 2 aromatic carbocycles. The number of fused-ring (bicyclic) bond motifs is 2. The van der Waals surface area contributed by atoms with Gasteiger partial charge in [0.1, 0.15) is 11.9 Å². The second-order valence-corrected chi connectivity index (χ2v) is 15.9. The summed E-state index contributed by atoms with van der Waals surface area (Å²) in [6.45, 7) is 7.23. The van der Waals surface area contributed by atoms with Gasteiger partial charge in [0, 0.05) is 15.0 Å². The average Bonchev–Trinajstić information content (AvgIpc) is 3.62. The summed E-state index contributed by atoms with van der Waals surface area (Å²) in [5.74, 6) is 2.03. The minimum atomic E-state index is -3.45. The summed E-state index contributed by atoms with van der Waals surface area (Å²) in [7, 11) is -1.31. The molecule has 2 aliphatic rings. The van der Waals surface area contributed by atoms with E-state index in [9.17, 15) is 13.2 Å². The third kappa shape index (κ3) is 7.79. The van der Waals surface area contributed by atoms with E-state index in [2.05, 4.69) is 81.6 Å². The molecule has 254 valence electrons. The number of ether oxygens (including phenoxy) is 1. The van der Waals surface area contributed by atoms with Crippen molar-refractivity contribution in [1.82, 2.24) is 19.5 Å². The van der Waals surface area contributed by atoms with Crippen molar-refractivity contribution < 1.29 is 20.8 Å². The number of nitrogens with zero attached hydrogens (tertiary/aromatic N) is 4. The number of benzene rings is 2. The van der Waals surface area contributed by atoms with E-state index >= 15 is 0 Å². The molecular weight excluding hydrogens is 613 g/mol. The van der Waals surface area contributed by atoms with E-state index in [-0.39, 0.29) is 26.3 Å². The summed E-state index contributed by atoms with van der Waals surface area (Å²) >= 11 is 0. The summed E-state index contributed by atoms with van der Waals surface area (Å²) in [4.78, 5) is 15.4. The Bertz CT molecular complexity index is 1880. The Morgan fingerprint density at radius 1 is 1.02 bits per heavy atom. The molecule has 0 saturated carbocycles. The number of carbonyl (C=O) groups excluding carboxylic acids is 1. The van der Waals surface area contributed by atoms with Gasteiger partial charge >= 0.3 is 0 Å². The molecule has 4 aromatic rings. The van der Waals surface area contributed by atoms with E-state index in [1.807, 2.05) is 30.5 Å². The van der Waals surface area contributed by atoms with Crippen LogP contribution in [0.3, 0.4) is 0 Å². The third-order valence-electron chi connectivity index (χ3n) is 9.40. The maximum atomic E-state index is 13.0. The van der Waals surface area contributed by atoms with Crippen molar-refractivity contribution in [3.63, 3.8) is 0 Å². The van der Waals surface area contributed by atoms with Crippen LogP contribution in [0.2, 0.25) is 0 Å². The SMILES string of the molecule is CN1CCC[C@@H]1c1nnc2ccc(O[C@@H]3CC[C@H](CCCC(=O)Nc4cc(NS(C)(=O)=O)cc(C(C)(C)C)c4)c4ccccc43)cn12.[HH].[HH]. The molecule has 1 fully saturated rings. The van der Waals surface area contributed by atoms with Gasteiger partial charge in [0.2, 0.25) is 15.9 Å². The maximum absolute atomic E-state index is 13.0. The number of pyridine rings is 1. The highest BCUT2D eigenvalue weighted by Gasteiger charge is 2.30. The standard InChI is InChI=1S/C36H46N6O4S.2H2/c1-36(2,3)25-20-26(22-27(21-25)40-47(5,44)45)37-34(43)14-8-10-24-15-17-32(30-12-7-6-11-29(24)30)46-28-16-18-33-38-39-35(42(33)23-28)31-13-9-19-41(31)4;;/h6-7,11-12,16,18,20-24,31-32,40H,8-10,13-15,17,19H2,1-5H3,(H,37,43);2*1H/t24-,31+,32+;;/m0../s1. The molecule has 1 aliphatic carbocycles. The number of amides is 1. The Kier molecular flexibility index (Phi) is 9.31. The lowest BCUT2D eigenvalue weighted by Crippen LogP contribution is -2.20. The number of anilines is 2. The average molecular weight is 663 g/mol. The van der Waals surface area contributed by atoms with Crippen molar-refractivity contribution in [3.05, 3.63) is 83.3 Å². The predicted octanol–water partition coefficient (Wildman–Crippen LogP) is 7.46. The molecular formula is C36H50N6O4S. The molecule has 47 heavy (non-hydrogen) atoms. The Morgan fingerprint density at radius 2 is 1.79 bits per heavy atom. The Hall–Kier alpha value is -3.96. The van der Waals surface area contributed by atoms with Gasteiger partial charge in [-0.25, -0.2) is 8.42 Å². The molecule has 0 spiro atoms. The van der Waals surface area contributed by atoms with Crippen LogP contribution in [0.25, 0.3) is 5.65 Å². The van der Waals surface area contributed by atoms with Gasteiger partial charge in [0.15, 0.2) is 11.5 Å². The fourth-order valence-electron chi connectivity index (χ4n) is 6.99. The third-order valence-corrected chi connectivity index (χ3v) is 10.0. The van der Waals surface area contributed by atoms with Gasteiger partial charge in [-0.05, 0) is 110 Å². The van der Waals surface area contributed by atoms with Crippen LogP contribution >= 0.6 is 0 Å². The van der Waals surface area contributed by atoms with Crippen LogP contribution in [0, 0.1) is 0 Å². The fourth-order valence-corrected chi connectivity index (χ4v) is 7.53. The monoisotopic (exact) mass is 662 g/mol. The first-order valence-corrected chi connectivity index (χ1v) is 18.5. The van der Waals surface area contributed by atoms with Crippen molar-refractivity contribution in [2.75, 3.05) is 29.9 Å². The number of nitrogens with one attached hydrogen (secondary N) is 2. The second kappa shape index (κ2) is 13.3. The predicted molar refractivity (Wildman–Crippen MR) is 190 cm³/mol. The molecule has 3 heterocycles. The van der Waals surface area contributed by atoms with Crippen LogP contribution in [-0.4, -0.2) is 53.7 Å². The molecule has 11 heteroatoms. The van der Waals surface area contributed by atoms with Crippen LogP contribution in [0.1, 0.15) is 109 Å². The van der Waals surface area contributed by atoms with Gasteiger partial charge in [-0.1, -0.05) is 45.0 Å². The van der Waals surface area contributed by atoms with Crippen molar-refractivity contribution in [2.45, 2.75) is 89.2 Å². The maximum Gasteiger partial charge on any atom is 0.229 e. The van der Waals surface area contributed by atoms with Crippen molar-refractivity contribution in [1.29, 1.82) is 0 Å². The number of likely N-dealkylation sites (tertiary alicyclic amines) is 1. The fraction of sp³-hybridized carbons (Fsp3) is 0.472. The Morgan fingerprint density at radius 3 is 2.51 bits per heavy atom. The van der Waals surface area contributed by atoms with Gasteiger partial charge in [0.05, 0.1) is 24.2 Å². The van der Waals surface area contributed by atoms with Gasteiger partial charge in [-0.2, -0.15) is 0 Å². The lowest BCUT2D eigenvalue weighted by atomic mass is 9.79. The zero-order chi connectivity index (χ0) is 33.3. The molecule has 1 saturated heterocycles. The molecule has 10 nitrogen and oxygen atoms in total. The number of sulfonamides is 1. The van der Waals surface area contributed by atoms with E-state index in [1.54, 1.807) is 6.07 Å². The number of hydrogen-bond acceptors (Lipinski definition) is 7. The topological polar surface area (TPSA) is 118 Å². The van der Waals surface area contributed by atoms with Gasteiger partial charge in [-0.15, -0.1) is 10.2 Å². The summed E-state index contributed by atoms with van der Waals surface area (Å²) < 4.78 is 35.0. The summed E-state index contributed by atoms with van der Waals surface area (Å²) in [6.07, 6.45) is 9.22. The summed E-state index contributed by atoms with van der Waals surface area (Å²) in [5.41, 5.74) is 5.06. The highest BCUT2D eigenvalue weighted by molar-refractivity contribution is 7.92. The van der Waals surface area contributed by atoms with Crippen LogP contribution in [0.15, 0.2) is 60.8 Å². The summed E-state index contributed by atoms with van der Waals surface area (Å²) in [6, 6.07) is 18.1. The van der Waals surface area contributed by atoms with E-state index in [0.717, 1.165) is 74.1 Å². The number of carbonyl (C=O) groups is 1. The first-order valence-electron chi connectivity index (χ1n) is 16.6. The van der Waals surface area contributed by atoms with E-state index in [4.69, 9.17) is 4.74 Å². The lowest BCUT2D eigenvalue weighted by Gasteiger charge is -2.32.